The molecule has 198 valence electrons. The van der Waals surface area contributed by atoms with E-state index in [-0.39, 0.29) is 11.3 Å². The van der Waals surface area contributed by atoms with Crippen LogP contribution in [0.4, 0.5) is 5.69 Å². The first-order valence-corrected chi connectivity index (χ1v) is 13.4. The standard InChI is InChI=1S/C31H32N6O2/c1-4-26(38)37-19-31(20-37)12-13-36(18-31)25-16-33-30(39-17-22-8-6-5-7-9-22)28(24(25)14-32)27-21(2)10-11-23-15-34-35(3)29(23)27/h4,6,8-11,15-16H,1,5,7,12-13,17-20H2,2-3H3. The largest absolute Gasteiger partial charge is 0.472 e. The maximum Gasteiger partial charge on any atom is 0.245 e. The number of nitriles is 1. The summed E-state index contributed by atoms with van der Waals surface area (Å²) in [6, 6.07) is 6.64. The van der Waals surface area contributed by atoms with Crippen LogP contribution in [0.15, 0.2) is 61.0 Å². The van der Waals surface area contributed by atoms with Crippen molar-refractivity contribution in [1.29, 1.82) is 5.26 Å². The molecule has 0 atom stereocenters. The van der Waals surface area contributed by atoms with Crippen molar-refractivity contribution in [2.45, 2.75) is 26.2 Å². The summed E-state index contributed by atoms with van der Waals surface area (Å²) < 4.78 is 8.21. The molecule has 0 radical (unpaired) electrons. The lowest BCUT2D eigenvalue weighted by Gasteiger charge is -2.47. The van der Waals surface area contributed by atoms with E-state index >= 15 is 0 Å². The van der Waals surface area contributed by atoms with Gasteiger partial charge < -0.3 is 14.5 Å². The van der Waals surface area contributed by atoms with Crippen molar-refractivity contribution in [3.63, 3.8) is 0 Å². The molecule has 1 amide bonds. The average molecular weight is 521 g/mol. The van der Waals surface area contributed by atoms with E-state index in [1.54, 1.807) is 6.20 Å². The van der Waals surface area contributed by atoms with Gasteiger partial charge in [0.2, 0.25) is 11.8 Å². The molecule has 8 heteroatoms. The lowest BCUT2D eigenvalue weighted by Crippen LogP contribution is -2.59. The van der Waals surface area contributed by atoms with E-state index in [0.717, 1.165) is 65.6 Å². The average Bonchev–Trinajstić information content (AvgIpc) is 3.55. The van der Waals surface area contributed by atoms with Gasteiger partial charge in [0.1, 0.15) is 12.7 Å². The Morgan fingerprint density at radius 1 is 1.23 bits per heavy atom. The number of carbonyl (C=O) groups excluding carboxylic acids is 1. The van der Waals surface area contributed by atoms with Gasteiger partial charge >= 0.3 is 0 Å². The van der Waals surface area contributed by atoms with E-state index in [0.29, 0.717) is 36.7 Å². The third kappa shape index (κ3) is 4.28. The van der Waals surface area contributed by atoms with Crippen molar-refractivity contribution < 1.29 is 9.53 Å². The molecule has 2 aromatic heterocycles. The van der Waals surface area contributed by atoms with E-state index in [4.69, 9.17) is 9.72 Å². The summed E-state index contributed by atoms with van der Waals surface area (Å²) in [7, 11) is 1.92. The second kappa shape index (κ2) is 9.73. The Morgan fingerprint density at radius 3 is 2.82 bits per heavy atom. The quantitative estimate of drug-likeness (QED) is 0.438. The van der Waals surface area contributed by atoms with Crippen LogP contribution < -0.4 is 9.64 Å². The Balaban J connectivity index is 1.43. The van der Waals surface area contributed by atoms with Crippen LogP contribution in [0.2, 0.25) is 0 Å². The molecule has 6 rings (SSSR count). The van der Waals surface area contributed by atoms with Crippen molar-refractivity contribution in [2.75, 3.05) is 37.7 Å². The first-order chi connectivity index (χ1) is 18.9. The van der Waals surface area contributed by atoms with Crippen LogP contribution in [0.3, 0.4) is 0 Å². The molecule has 0 unspecified atom stereocenters. The maximum atomic E-state index is 12.1. The van der Waals surface area contributed by atoms with E-state index in [9.17, 15) is 10.1 Å². The minimum Gasteiger partial charge on any atom is -0.472 e. The molecule has 3 aromatic rings. The number of carbonyl (C=O) groups is 1. The number of nitrogens with zero attached hydrogens (tertiary/aromatic N) is 6. The number of hydrogen-bond donors (Lipinski definition) is 0. The number of likely N-dealkylation sites (tertiary alicyclic amines) is 1. The van der Waals surface area contributed by atoms with Gasteiger partial charge in [-0.05, 0) is 43.4 Å². The Labute approximate surface area is 228 Å². The third-order valence-electron chi connectivity index (χ3n) is 8.26. The molecule has 2 saturated heterocycles. The van der Waals surface area contributed by atoms with Gasteiger partial charge in [-0.15, -0.1) is 0 Å². The highest BCUT2D eigenvalue weighted by atomic mass is 16.5. The summed E-state index contributed by atoms with van der Waals surface area (Å²) in [4.78, 5) is 21.0. The summed E-state index contributed by atoms with van der Waals surface area (Å²) >= 11 is 0. The Kier molecular flexibility index (Phi) is 6.22. The topological polar surface area (TPSA) is 87.3 Å². The number of benzene rings is 1. The maximum absolute atomic E-state index is 12.1. The minimum atomic E-state index is -0.0232. The number of rotatable bonds is 6. The summed E-state index contributed by atoms with van der Waals surface area (Å²) in [6.45, 7) is 9.07. The molecule has 2 fully saturated rings. The van der Waals surface area contributed by atoms with Crippen molar-refractivity contribution in [3.8, 4) is 23.1 Å². The summed E-state index contributed by atoms with van der Waals surface area (Å²) in [6.07, 6.45) is 14.4. The normalized spacial score (nSPS) is 17.7. The first-order valence-electron chi connectivity index (χ1n) is 13.4. The van der Waals surface area contributed by atoms with Crippen LogP contribution in [-0.4, -0.2) is 58.4 Å². The van der Waals surface area contributed by atoms with Gasteiger partial charge in [0, 0.05) is 49.6 Å². The Morgan fingerprint density at radius 2 is 2.08 bits per heavy atom. The van der Waals surface area contributed by atoms with Crippen LogP contribution in [0.25, 0.3) is 22.0 Å². The molecule has 0 bridgehead atoms. The van der Waals surface area contributed by atoms with E-state index in [1.807, 2.05) is 22.8 Å². The van der Waals surface area contributed by atoms with Gasteiger partial charge in [0.25, 0.3) is 0 Å². The number of aryl methyl sites for hydroxylation is 2. The van der Waals surface area contributed by atoms with Gasteiger partial charge in [-0.1, -0.05) is 36.9 Å². The van der Waals surface area contributed by atoms with Gasteiger partial charge in [-0.25, -0.2) is 4.98 Å². The zero-order chi connectivity index (χ0) is 27.1. The molecule has 39 heavy (non-hydrogen) atoms. The lowest BCUT2D eigenvalue weighted by molar-refractivity contribution is -0.136. The number of ether oxygens (including phenoxy) is 1. The second-order valence-corrected chi connectivity index (χ2v) is 10.9. The molecule has 0 saturated carbocycles. The summed E-state index contributed by atoms with van der Waals surface area (Å²) in [5.41, 5.74) is 6.11. The Bertz CT molecular complexity index is 1580. The number of pyridine rings is 1. The van der Waals surface area contributed by atoms with Gasteiger partial charge in [0.05, 0.1) is 34.7 Å². The fourth-order valence-corrected chi connectivity index (χ4v) is 6.23. The van der Waals surface area contributed by atoms with E-state index in [2.05, 4.69) is 59.9 Å². The monoisotopic (exact) mass is 520 g/mol. The SMILES string of the molecule is C=CC(=O)N1CC2(CCN(c3cnc(OCC4=CCCC=C4)c(-c4c(C)ccc5cnn(C)c45)c3C#N)C2)C1. The molecule has 1 spiro atoms. The van der Waals surface area contributed by atoms with Crippen molar-refractivity contribution in [1.82, 2.24) is 19.7 Å². The fourth-order valence-electron chi connectivity index (χ4n) is 6.23. The highest BCUT2D eigenvalue weighted by Gasteiger charge is 2.49. The molecular weight excluding hydrogens is 488 g/mol. The predicted molar refractivity (Wildman–Crippen MR) is 151 cm³/mol. The zero-order valence-electron chi connectivity index (χ0n) is 22.5. The number of aromatic nitrogens is 3. The first kappa shape index (κ1) is 24.9. The Hall–Kier alpha value is -4.38. The van der Waals surface area contributed by atoms with Gasteiger partial charge in [0.15, 0.2) is 0 Å². The van der Waals surface area contributed by atoms with Crippen LogP contribution in [0, 0.1) is 23.7 Å². The summed E-state index contributed by atoms with van der Waals surface area (Å²) in [5, 5.41) is 16.1. The number of allylic oxidation sites excluding steroid dienone is 2. The second-order valence-electron chi connectivity index (χ2n) is 10.9. The van der Waals surface area contributed by atoms with Crippen molar-refractivity contribution >= 4 is 22.5 Å². The molecule has 4 heterocycles. The molecule has 1 aliphatic carbocycles. The van der Waals surface area contributed by atoms with Gasteiger partial charge in [-0.3, -0.25) is 9.48 Å². The minimum absolute atomic E-state index is 0.0232. The van der Waals surface area contributed by atoms with E-state index in [1.165, 1.54) is 6.08 Å². The zero-order valence-corrected chi connectivity index (χ0v) is 22.5. The molecule has 8 nitrogen and oxygen atoms in total. The van der Waals surface area contributed by atoms with Crippen LogP contribution in [-0.2, 0) is 11.8 Å². The van der Waals surface area contributed by atoms with E-state index < -0.39 is 0 Å². The number of hydrogen-bond acceptors (Lipinski definition) is 6. The molecule has 3 aliphatic rings. The van der Waals surface area contributed by atoms with Crippen molar-refractivity contribution in [2.24, 2.45) is 12.5 Å². The number of fused-ring (bicyclic) bond motifs is 1. The molecular formula is C31H32N6O2. The highest BCUT2D eigenvalue weighted by molar-refractivity contribution is 5.99. The fraction of sp³-hybridized carbons (Fsp3) is 0.355. The molecule has 2 aliphatic heterocycles. The van der Waals surface area contributed by atoms with Crippen LogP contribution >= 0.6 is 0 Å². The van der Waals surface area contributed by atoms with Crippen LogP contribution in [0.5, 0.6) is 5.88 Å². The molecule has 1 aromatic carbocycles. The predicted octanol–water partition coefficient (Wildman–Crippen LogP) is 4.70. The smallest absolute Gasteiger partial charge is 0.245 e. The molecule has 0 N–H and O–H groups in total. The van der Waals surface area contributed by atoms with Gasteiger partial charge in [-0.2, -0.15) is 10.4 Å². The summed E-state index contributed by atoms with van der Waals surface area (Å²) in [5.74, 6) is 0.428. The number of anilines is 1. The van der Waals surface area contributed by atoms with Crippen LogP contribution in [0.1, 0.15) is 30.4 Å². The third-order valence-corrected chi connectivity index (χ3v) is 8.26. The lowest BCUT2D eigenvalue weighted by atomic mass is 9.79. The number of amides is 1. The van der Waals surface area contributed by atoms with Crippen molar-refractivity contribution in [3.05, 3.63) is 72.1 Å². The highest BCUT2D eigenvalue weighted by Crippen LogP contribution is 2.46.